The van der Waals surface area contributed by atoms with Gasteiger partial charge in [0.05, 0.1) is 6.54 Å². The highest BCUT2D eigenvalue weighted by molar-refractivity contribution is 5.78. The van der Waals surface area contributed by atoms with E-state index in [-0.39, 0.29) is 0 Å². The van der Waals surface area contributed by atoms with Crippen LogP contribution in [0.1, 0.15) is 65.7 Å². The zero-order valence-electron chi connectivity index (χ0n) is 14.3. The van der Waals surface area contributed by atoms with Crippen molar-refractivity contribution in [3.05, 3.63) is 0 Å². The second kappa shape index (κ2) is 10.2. The third-order valence-corrected chi connectivity index (χ3v) is 4.70. The normalized spacial score (nSPS) is 23.2. The Morgan fingerprint density at radius 3 is 2.33 bits per heavy atom. The fraction of sp³-hybridized carbons (Fsp3) is 0.941. The Kier molecular flexibility index (Phi) is 8.93. The fourth-order valence-electron chi connectivity index (χ4n) is 3.19. The molecule has 124 valence electrons. The van der Waals surface area contributed by atoms with Gasteiger partial charge in [0.25, 0.3) is 0 Å². The molecule has 0 bridgehead atoms. The number of rotatable bonds is 9. The van der Waals surface area contributed by atoms with E-state index in [1.54, 1.807) is 0 Å². The molecular weight excluding hydrogens is 262 g/mol. The predicted octanol–water partition coefficient (Wildman–Crippen LogP) is 2.62. The molecule has 0 saturated carbocycles. The van der Waals surface area contributed by atoms with Gasteiger partial charge in [-0.25, -0.2) is 0 Å². The third-order valence-electron chi connectivity index (χ3n) is 4.70. The zero-order chi connectivity index (χ0) is 15.7. The Morgan fingerprint density at radius 1 is 1.19 bits per heavy atom. The summed E-state index contributed by atoms with van der Waals surface area (Å²) in [5.41, 5.74) is 5.90. The number of nitrogens with zero attached hydrogens (tertiary/aromatic N) is 2. The van der Waals surface area contributed by atoms with Gasteiger partial charge in [-0.05, 0) is 32.6 Å². The van der Waals surface area contributed by atoms with E-state index in [2.05, 4.69) is 30.6 Å². The second-order valence-corrected chi connectivity index (χ2v) is 6.43. The fourth-order valence-corrected chi connectivity index (χ4v) is 3.19. The van der Waals surface area contributed by atoms with Crippen LogP contribution >= 0.6 is 0 Å². The number of hydrogen-bond acceptors (Lipinski definition) is 3. The number of carbonyl (C=O) groups is 1. The van der Waals surface area contributed by atoms with Crippen molar-refractivity contribution in [1.82, 2.24) is 9.80 Å². The Balaban J connectivity index is 2.59. The first-order chi connectivity index (χ1) is 10.1. The van der Waals surface area contributed by atoms with Gasteiger partial charge in [0.2, 0.25) is 5.91 Å². The highest BCUT2D eigenvalue weighted by Crippen LogP contribution is 2.22. The first-order valence-corrected chi connectivity index (χ1v) is 8.87. The van der Waals surface area contributed by atoms with Crippen molar-refractivity contribution in [2.75, 3.05) is 26.2 Å². The molecule has 0 aromatic heterocycles. The van der Waals surface area contributed by atoms with Crippen LogP contribution in [0.25, 0.3) is 0 Å². The summed E-state index contributed by atoms with van der Waals surface area (Å²) < 4.78 is 0. The summed E-state index contributed by atoms with van der Waals surface area (Å²) >= 11 is 0. The quantitative estimate of drug-likeness (QED) is 0.712. The van der Waals surface area contributed by atoms with Gasteiger partial charge >= 0.3 is 0 Å². The van der Waals surface area contributed by atoms with E-state index in [0.717, 1.165) is 45.2 Å². The lowest BCUT2D eigenvalue weighted by molar-refractivity contribution is -0.134. The van der Waals surface area contributed by atoms with Crippen molar-refractivity contribution >= 4 is 5.91 Å². The van der Waals surface area contributed by atoms with Crippen molar-refractivity contribution in [3.63, 3.8) is 0 Å². The standard InChI is InChI=1S/C17H35N3O/c1-4-6-11-19(12-7-5-2)17(21)14-20-15(3)9-8-10-16(20)13-18/h15-16H,4-14,18H2,1-3H3. The minimum atomic E-state index is 0.295. The highest BCUT2D eigenvalue weighted by Gasteiger charge is 2.29. The van der Waals surface area contributed by atoms with Crippen molar-refractivity contribution in [3.8, 4) is 0 Å². The highest BCUT2D eigenvalue weighted by atomic mass is 16.2. The van der Waals surface area contributed by atoms with Crippen molar-refractivity contribution in [2.45, 2.75) is 77.8 Å². The van der Waals surface area contributed by atoms with Gasteiger partial charge in [-0.3, -0.25) is 9.69 Å². The molecule has 1 rings (SSSR count). The van der Waals surface area contributed by atoms with Crippen LogP contribution in [0.3, 0.4) is 0 Å². The van der Waals surface area contributed by atoms with Crippen molar-refractivity contribution in [2.24, 2.45) is 5.73 Å². The number of piperidine rings is 1. The van der Waals surface area contributed by atoms with Crippen LogP contribution in [0.2, 0.25) is 0 Å². The van der Waals surface area contributed by atoms with Crippen LogP contribution in [-0.2, 0) is 4.79 Å². The molecule has 21 heavy (non-hydrogen) atoms. The summed E-state index contributed by atoms with van der Waals surface area (Å²) in [7, 11) is 0. The summed E-state index contributed by atoms with van der Waals surface area (Å²) in [5.74, 6) is 0.295. The topological polar surface area (TPSA) is 49.6 Å². The number of nitrogens with two attached hydrogens (primary N) is 1. The number of hydrogen-bond donors (Lipinski definition) is 1. The molecule has 2 N–H and O–H groups in total. The molecule has 2 atom stereocenters. The lowest BCUT2D eigenvalue weighted by atomic mass is 9.96. The third kappa shape index (κ3) is 5.95. The molecule has 0 radical (unpaired) electrons. The van der Waals surface area contributed by atoms with Gasteiger partial charge in [-0.2, -0.15) is 0 Å². The summed E-state index contributed by atoms with van der Waals surface area (Å²) in [6.07, 6.45) is 8.05. The predicted molar refractivity (Wildman–Crippen MR) is 89.3 cm³/mol. The van der Waals surface area contributed by atoms with Gasteiger partial charge in [0, 0.05) is 31.7 Å². The first kappa shape index (κ1) is 18.4. The van der Waals surface area contributed by atoms with Crippen LogP contribution in [0, 0.1) is 0 Å². The molecule has 1 amide bonds. The molecule has 4 nitrogen and oxygen atoms in total. The number of unbranched alkanes of at least 4 members (excludes halogenated alkanes) is 2. The van der Waals surface area contributed by atoms with E-state index < -0.39 is 0 Å². The van der Waals surface area contributed by atoms with Gasteiger partial charge < -0.3 is 10.6 Å². The Bertz CT molecular complexity index is 288. The number of carbonyl (C=O) groups excluding carboxylic acids is 1. The molecule has 1 heterocycles. The lowest BCUT2D eigenvalue weighted by Crippen LogP contribution is -2.53. The van der Waals surface area contributed by atoms with Crippen molar-refractivity contribution < 1.29 is 4.79 Å². The summed E-state index contributed by atoms with van der Waals surface area (Å²) in [6.45, 7) is 9.63. The first-order valence-electron chi connectivity index (χ1n) is 8.87. The summed E-state index contributed by atoms with van der Waals surface area (Å²) in [5, 5.41) is 0. The molecule has 1 saturated heterocycles. The van der Waals surface area contributed by atoms with Crippen LogP contribution in [-0.4, -0.2) is 54.0 Å². The number of likely N-dealkylation sites (tertiary alicyclic amines) is 1. The maximum atomic E-state index is 12.7. The smallest absolute Gasteiger partial charge is 0.236 e. The maximum absolute atomic E-state index is 12.7. The largest absolute Gasteiger partial charge is 0.342 e. The van der Waals surface area contributed by atoms with Gasteiger partial charge in [-0.1, -0.05) is 33.1 Å². The van der Waals surface area contributed by atoms with E-state index in [4.69, 9.17) is 5.73 Å². The Morgan fingerprint density at radius 2 is 1.81 bits per heavy atom. The SMILES string of the molecule is CCCCN(CCCC)C(=O)CN1C(C)CCCC1CN. The van der Waals surface area contributed by atoms with Gasteiger partial charge in [0.15, 0.2) is 0 Å². The summed E-state index contributed by atoms with van der Waals surface area (Å²) in [4.78, 5) is 17.1. The zero-order valence-corrected chi connectivity index (χ0v) is 14.3. The molecule has 2 unspecified atom stereocenters. The molecule has 0 aromatic carbocycles. The van der Waals surface area contributed by atoms with E-state index in [1.165, 1.54) is 12.8 Å². The number of amides is 1. The van der Waals surface area contributed by atoms with E-state index in [0.29, 0.717) is 31.1 Å². The molecular formula is C17H35N3O. The van der Waals surface area contributed by atoms with E-state index >= 15 is 0 Å². The summed E-state index contributed by atoms with van der Waals surface area (Å²) in [6, 6.07) is 0.868. The Labute approximate surface area is 131 Å². The molecule has 0 spiro atoms. The molecule has 4 heteroatoms. The molecule has 1 aliphatic heterocycles. The second-order valence-electron chi connectivity index (χ2n) is 6.43. The molecule has 1 aliphatic rings. The van der Waals surface area contributed by atoms with Gasteiger partial charge in [0.1, 0.15) is 0 Å². The molecule has 1 fully saturated rings. The van der Waals surface area contributed by atoms with Crippen LogP contribution in [0.5, 0.6) is 0 Å². The van der Waals surface area contributed by atoms with E-state index in [1.807, 2.05) is 0 Å². The minimum absolute atomic E-state index is 0.295. The molecule has 0 aliphatic carbocycles. The van der Waals surface area contributed by atoms with Crippen LogP contribution in [0.15, 0.2) is 0 Å². The van der Waals surface area contributed by atoms with Crippen LogP contribution < -0.4 is 5.73 Å². The van der Waals surface area contributed by atoms with Crippen molar-refractivity contribution in [1.29, 1.82) is 0 Å². The lowest BCUT2D eigenvalue weighted by Gasteiger charge is -2.40. The minimum Gasteiger partial charge on any atom is -0.342 e. The monoisotopic (exact) mass is 297 g/mol. The van der Waals surface area contributed by atoms with Crippen LogP contribution in [0.4, 0.5) is 0 Å². The Hall–Kier alpha value is -0.610. The average Bonchev–Trinajstić information content (AvgIpc) is 2.49. The van der Waals surface area contributed by atoms with E-state index in [9.17, 15) is 4.79 Å². The maximum Gasteiger partial charge on any atom is 0.236 e. The van der Waals surface area contributed by atoms with Gasteiger partial charge in [-0.15, -0.1) is 0 Å². The average molecular weight is 297 g/mol. The molecule has 0 aromatic rings.